The fraction of sp³-hybridized carbons (Fsp3) is 1.00. The highest BCUT2D eigenvalue weighted by Crippen LogP contribution is 2.35. The molecule has 0 aliphatic heterocycles. The van der Waals surface area contributed by atoms with E-state index in [0.29, 0.717) is 6.61 Å². The fourth-order valence-electron chi connectivity index (χ4n) is 3.24. The molecule has 0 aromatic carbocycles. The lowest BCUT2D eigenvalue weighted by atomic mass is 9.71. The summed E-state index contributed by atoms with van der Waals surface area (Å²) in [5, 5.41) is 12.4. The van der Waals surface area contributed by atoms with Crippen LogP contribution in [0.3, 0.4) is 0 Å². The molecule has 1 saturated carbocycles. The quantitative estimate of drug-likeness (QED) is 0.604. The van der Waals surface area contributed by atoms with Gasteiger partial charge in [-0.15, -0.1) is 0 Å². The lowest BCUT2D eigenvalue weighted by Crippen LogP contribution is -2.55. The van der Waals surface area contributed by atoms with Gasteiger partial charge in [0.05, 0.1) is 0 Å². The van der Waals surface area contributed by atoms with E-state index < -0.39 is 0 Å². The molecule has 0 amide bonds. The van der Waals surface area contributed by atoms with Gasteiger partial charge in [0.15, 0.2) is 0 Å². The first-order chi connectivity index (χ1) is 7.62. The SMILES string of the molecule is CC1CC(C)CC(CN)(NCCCCO)C1. The van der Waals surface area contributed by atoms with Crippen LogP contribution in [0.15, 0.2) is 0 Å². The Morgan fingerprint density at radius 3 is 2.38 bits per heavy atom. The predicted molar refractivity (Wildman–Crippen MR) is 68.3 cm³/mol. The van der Waals surface area contributed by atoms with Crippen molar-refractivity contribution < 1.29 is 5.11 Å². The minimum absolute atomic E-state index is 0.159. The number of aliphatic hydroxyl groups excluding tert-OH is 1. The maximum Gasteiger partial charge on any atom is 0.0431 e. The minimum Gasteiger partial charge on any atom is -0.396 e. The molecule has 1 rings (SSSR count). The molecule has 1 aliphatic carbocycles. The maximum atomic E-state index is 8.76. The molecule has 2 unspecified atom stereocenters. The Labute approximate surface area is 99.8 Å². The van der Waals surface area contributed by atoms with Gasteiger partial charge in [-0.3, -0.25) is 0 Å². The lowest BCUT2D eigenvalue weighted by molar-refractivity contribution is 0.148. The number of aliphatic hydroxyl groups is 1. The molecule has 4 N–H and O–H groups in total. The molecule has 0 aromatic heterocycles. The predicted octanol–water partition coefficient (Wildman–Crippen LogP) is 1.50. The molecule has 16 heavy (non-hydrogen) atoms. The van der Waals surface area contributed by atoms with E-state index in [1.165, 1.54) is 19.3 Å². The van der Waals surface area contributed by atoms with Gasteiger partial charge in [-0.25, -0.2) is 0 Å². The van der Waals surface area contributed by atoms with Gasteiger partial charge in [-0.05, 0) is 50.5 Å². The van der Waals surface area contributed by atoms with Gasteiger partial charge in [0.1, 0.15) is 0 Å². The summed E-state index contributed by atoms with van der Waals surface area (Å²) in [6.07, 6.45) is 5.67. The zero-order chi connectivity index (χ0) is 12.0. The topological polar surface area (TPSA) is 58.3 Å². The summed E-state index contributed by atoms with van der Waals surface area (Å²) < 4.78 is 0. The van der Waals surface area contributed by atoms with Crippen molar-refractivity contribution in [2.45, 2.75) is 51.5 Å². The molecule has 0 bridgehead atoms. The maximum absolute atomic E-state index is 8.76. The number of hydrogen-bond acceptors (Lipinski definition) is 3. The normalized spacial score (nSPS) is 35.2. The van der Waals surface area contributed by atoms with E-state index in [9.17, 15) is 0 Å². The second kappa shape index (κ2) is 6.58. The molecule has 0 heterocycles. The first-order valence-electron chi connectivity index (χ1n) is 6.68. The molecule has 3 nitrogen and oxygen atoms in total. The third-order valence-corrected chi connectivity index (χ3v) is 3.76. The highest BCUT2D eigenvalue weighted by molar-refractivity contribution is 4.95. The average Bonchev–Trinajstić information content (AvgIpc) is 2.23. The standard InChI is InChI=1S/C13H28N2O/c1-11-7-12(2)9-13(8-11,10-14)15-5-3-4-6-16/h11-12,15-16H,3-10,14H2,1-2H3. The number of hydrogen-bond donors (Lipinski definition) is 3. The second-order valence-electron chi connectivity index (χ2n) is 5.70. The van der Waals surface area contributed by atoms with Gasteiger partial charge in [0, 0.05) is 18.7 Å². The lowest BCUT2D eigenvalue weighted by Gasteiger charge is -2.43. The Kier molecular flexibility index (Phi) is 5.73. The Balaban J connectivity index is 2.42. The molecule has 1 aliphatic rings. The van der Waals surface area contributed by atoms with E-state index in [0.717, 1.165) is 37.8 Å². The summed E-state index contributed by atoms with van der Waals surface area (Å²) in [6.45, 7) is 6.67. The smallest absolute Gasteiger partial charge is 0.0431 e. The van der Waals surface area contributed by atoms with Crippen LogP contribution in [-0.2, 0) is 0 Å². The number of unbranched alkanes of at least 4 members (excludes halogenated alkanes) is 1. The molecular weight excluding hydrogens is 200 g/mol. The van der Waals surface area contributed by atoms with Crippen molar-refractivity contribution in [3.05, 3.63) is 0 Å². The average molecular weight is 228 g/mol. The van der Waals surface area contributed by atoms with Crippen molar-refractivity contribution in [3.63, 3.8) is 0 Å². The van der Waals surface area contributed by atoms with Crippen molar-refractivity contribution >= 4 is 0 Å². The Bertz CT molecular complexity index is 186. The molecule has 0 saturated heterocycles. The molecule has 0 radical (unpaired) electrons. The molecule has 3 heteroatoms. The number of nitrogens with one attached hydrogen (secondary N) is 1. The van der Waals surface area contributed by atoms with Gasteiger partial charge in [0.2, 0.25) is 0 Å². The summed E-state index contributed by atoms with van der Waals surface area (Å²) in [6, 6.07) is 0. The number of rotatable bonds is 6. The molecule has 0 aromatic rings. The van der Waals surface area contributed by atoms with Crippen LogP contribution in [0, 0.1) is 11.8 Å². The summed E-state index contributed by atoms with van der Waals surface area (Å²) in [5.41, 5.74) is 6.12. The van der Waals surface area contributed by atoms with E-state index in [4.69, 9.17) is 10.8 Å². The van der Waals surface area contributed by atoms with Crippen molar-refractivity contribution in [3.8, 4) is 0 Å². The van der Waals surface area contributed by atoms with Gasteiger partial charge < -0.3 is 16.2 Å². The molecule has 1 fully saturated rings. The van der Waals surface area contributed by atoms with E-state index in [-0.39, 0.29) is 5.54 Å². The van der Waals surface area contributed by atoms with E-state index in [1.807, 2.05) is 0 Å². The monoisotopic (exact) mass is 228 g/mol. The van der Waals surface area contributed by atoms with Crippen LogP contribution in [-0.4, -0.2) is 30.3 Å². The first-order valence-corrected chi connectivity index (χ1v) is 6.68. The van der Waals surface area contributed by atoms with Gasteiger partial charge in [-0.2, -0.15) is 0 Å². The van der Waals surface area contributed by atoms with E-state index in [1.54, 1.807) is 0 Å². The van der Waals surface area contributed by atoms with Crippen LogP contribution >= 0.6 is 0 Å². The van der Waals surface area contributed by atoms with Gasteiger partial charge >= 0.3 is 0 Å². The zero-order valence-electron chi connectivity index (χ0n) is 10.8. The summed E-state index contributed by atoms with van der Waals surface area (Å²) in [5.74, 6) is 1.55. The molecular formula is C13H28N2O. The van der Waals surface area contributed by atoms with Crippen molar-refractivity contribution in [1.29, 1.82) is 0 Å². The van der Waals surface area contributed by atoms with Crippen LogP contribution in [0.2, 0.25) is 0 Å². The minimum atomic E-state index is 0.159. The van der Waals surface area contributed by atoms with Crippen LogP contribution in [0.25, 0.3) is 0 Å². The Morgan fingerprint density at radius 1 is 1.25 bits per heavy atom. The molecule has 96 valence electrons. The Morgan fingerprint density at radius 2 is 1.88 bits per heavy atom. The number of nitrogens with two attached hydrogens (primary N) is 1. The van der Waals surface area contributed by atoms with Crippen molar-refractivity contribution in [1.82, 2.24) is 5.32 Å². The zero-order valence-corrected chi connectivity index (χ0v) is 10.8. The van der Waals surface area contributed by atoms with Crippen molar-refractivity contribution in [2.24, 2.45) is 17.6 Å². The van der Waals surface area contributed by atoms with Crippen molar-refractivity contribution in [2.75, 3.05) is 19.7 Å². The van der Waals surface area contributed by atoms with Gasteiger partial charge in [-0.1, -0.05) is 13.8 Å². The summed E-state index contributed by atoms with van der Waals surface area (Å²) >= 11 is 0. The Hall–Kier alpha value is -0.120. The fourth-order valence-corrected chi connectivity index (χ4v) is 3.24. The van der Waals surface area contributed by atoms with Crippen LogP contribution in [0.5, 0.6) is 0 Å². The largest absolute Gasteiger partial charge is 0.396 e. The highest BCUT2D eigenvalue weighted by Gasteiger charge is 2.35. The highest BCUT2D eigenvalue weighted by atomic mass is 16.2. The molecule has 0 spiro atoms. The summed E-state index contributed by atoms with van der Waals surface area (Å²) in [4.78, 5) is 0. The van der Waals surface area contributed by atoms with E-state index >= 15 is 0 Å². The van der Waals surface area contributed by atoms with E-state index in [2.05, 4.69) is 19.2 Å². The third kappa shape index (κ3) is 4.04. The van der Waals surface area contributed by atoms with Crippen LogP contribution in [0.4, 0.5) is 0 Å². The van der Waals surface area contributed by atoms with Gasteiger partial charge in [0.25, 0.3) is 0 Å². The third-order valence-electron chi connectivity index (χ3n) is 3.76. The molecule has 2 atom stereocenters. The summed E-state index contributed by atoms with van der Waals surface area (Å²) in [7, 11) is 0. The first kappa shape index (κ1) is 13.9. The van der Waals surface area contributed by atoms with Crippen LogP contribution < -0.4 is 11.1 Å². The van der Waals surface area contributed by atoms with Crippen LogP contribution in [0.1, 0.15) is 46.0 Å². The second-order valence-corrected chi connectivity index (χ2v) is 5.70.